The van der Waals surface area contributed by atoms with Crippen LogP contribution in [0.2, 0.25) is 0 Å². The van der Waals surface area contributed by atoms with Crippen molar-refractivity contribution in [1.82, 2.24) is 10.6 Å². The van der Waals surface area contributed by atoms with E-state index >= 15 is 0 Å². The molecule has 70 valence electrons. The fourth-order valence-corrected chi connectivity index (χ4v) is 1.02. The second kappa shape index (κ2) is 4.95. The largest absolute Gasteiger partial charge is 0.453 e. The number of alkyl carbamates (subject to hydrolysis) is 1. The van der Waals surface area contributed by atoms with E-state index < -0.39 is 6.09 Å². The van der Waals surface area contributed by atoms with E-state index in [4.69, 9.17) is 4.74 Å². The van der Waals surface area contributed by atoms with E-state index in [-0.39, 0.29) is 6.10 Å². The van der Waals surface area contributed by atoms with Crippen LogP contribution in [0.1, 0.15) is 0 Å². The fraction of sp³-hybridized carbons (Fsp3) is 0.857. The van der Waals surface area contributed by atoms with Gasteiger partial charge in [0.15, 0.2) is 0 Å². The number of carbonyl (C=O) groups is 1. The quantitative estimate of drug-likeness (QED) is 0.583. The van der Waals surface area contributed by atoms with Gasteiger partial charge in [0.05, 0.1) is 19.8 Å². The van der Waals surface area contributed by atoms with Gasteiger partial charge in [-0.3, -0.25) is 0 Å². The molecule has 1 rings (SSSR count). The van der Waals surface area contributed by atoms with E-state index in [1.807, 2.05) is 0 Å². The number of nitrogens with one attached hydrogen (secondary N) is 2. The van der Waals surface area contributed by atoms with Gasteiger partial charge in [-0.15, -0.1) is 0 Å². The van der Waals surface area contributed by atoms with Crippen LogP contribution in [0.5, 0.6) is 0 Å². The molecule has 1 atom stereocenters. The highest BCUT2D eigenvalue weighted by Gasteiger charge is 2.13. The molecule has 2 N–H and O–H groups in total. The van der Waals surface area contributed by atoms with E-state index in [1.165, 1.54) is 7.11 Å². The molecule has 5 nitrogen and oxygen atoms in total. The molecule has 1 amide bonds. The molecule has 1 fully saturated rings. The molecule has 0 spiro atoms. The topological polar surface area (TPSA) is 59.6 Å². The van der Waals surface area contributed by atoms with Crippen LogP contribution in [0.25, 0.3) is 0 Å². The average molecular weight is 174 g/mol. The van der Waals surface area contributed by atoms with Crippen molar-refractivity contribution in [3.05, 3.63) is 0 Å². The lowest BCUT2D eigenvalue weighted by Crippen LogP contribution is -2.45. The number of rotatable bonds is 2. The number of ether oxygens (including phenoxy) is 2. The molecule has 0 saturated carbocycles. The van der Waals surface area contributed by atoms with Crippen LogP contribution in [0.4, 0.5) is 4.79 Å². The number of morpholine rings is 1. The lowest BCUT2D eigenvalue weighted by atomic mass is 10.3. The van der Waals surface area contributed by atoms with Gasteiger partial charge in [-0.1, -0.05) is 0 Å². The van der Waals surface area contributed by atoms with Crippen molar-refractivity contribution in [2.45, 2.75) is 6.10 Å². The Balaban J connectivity index is 2.09. The minimum atomic E-state index is -0.413. The number of hydrogen-bond acceptors (Lipinski definition) is 4. The van der Waals surface area contributed by atoms with E-state index in [0.717, 1.165) is 13.1 Å². The molecular formula is C7H14N2O3. The summed E-state index contributed by atoms with van der Waals surface area (Å²) >= 11 is 0. The maximum atomic E-state index is 10.6. The van der Waals surface area contributed by atoms with E-state index in [1.54, 1.807) is 0 Å². The predicted molar refractivity (Wildman–Crippen MR) is 43.0 cm³/mol. The minimum absolute atomic E-state index is 0.0675. The van der Waals surface area contributed by atoms with Crippen LogP contribution in [-0.2, 0) is 9.47 Å². The summed E-state index contributed by atoms with van der Waals surface area (Å²) < 4.78 is 9.76. The van der Waals surface area contributed by atoms with Gasteiger partial charge >= 0.3 is 6.09 Å². The third kappa shape index (κ3) is 3.06. The van der Waals surface area contributed by atoms with Crippen molar-refractivity contribution in [1.29, 1.82) is 0 Å². The lowest BCUT2D eigenvalue weighted by Gasteiger charge is -2.23. The zero-order chi connectivity index (χ0) is 8.81. The first kappa shape index (κ1) is 9.28. The molecule has 0 radical (unpaired) electrons. The molecule has 0 aromatic carbocycles. The first-order valence-electron chi connectivity index (χ1n) is 3.97. The summed E-state index contributed by atoms with van der Waals surface area (Å²) in [7, 11) is 1.34. The summed E-state index contributed by atoms with van der Waals surface area (Å²) in [6.07, 6.45) is -0.345. The molecule has 1 aliphatic rings. The summed E-state index contributed by atoms with van der Waals surface area (Å²) in [5, 5.41) is 5.74. The summed E-state index contributed by atoms with van der Waals surface area (Å²) in [5.74, 6) is 0. The van der Waals surface area contributed by atoms with Gasteiger partial charge in [-0.2, -0.15) is 0 Å². The number of methoxy groups -OCH3 is 1. The maximum Gasteiger partial charge on any atom is 0.406 e. The number of carbonyl (C=O) groups excluding carboxylic acids is 1. The van der Waals surface area contributed by atoms with E-state index in [9.17, 15) is 4.79 Å². The predicted octanol–water partition coefficient (Wildman–Crippen LogP) is -0.669. The molecule has 12 heavy (non-hydrogen) atoms. The first-order valence-corrected chi connectivity index (χ1v) is 3.97. The Morgan fingerprint density at radius 3 is 3.25 bits per heavy atom. The molecule has 5 heteroatoms. The number of hydrogen-bond donors (Lipinski definition) is 2. The van der Waals surface area contributed by atoms with Crippen molar-refractivity contribution in [3.8, 4) is 0 Å². The van der Waals surface area contributed by atoms with Crippen molar-refractivity contribution >= 4 is 6.09 Å². The normalized spacial score (nSPS) is 23.2. The van der Waals surface area contributed by atoms with Crippen LogP contribution in [0.3, 0.4) is 0 Å². The van der Waals surface area contributed by atoms with Crippen LogP contribution < -0.4 is 10.6 Å². The van der Waals surface area contributed by atoms with Gasteiger partial charge < -0.3 is 20.1 Å². The van der Waals surface area contributed by atoms with Crippen LogP contribution in [0.15, 0.2) is 0 Å². The Morgan fingerprint density at radius 1 is 1.83 bits per heavy atom. The molecular weight excluding hydrogens is 160 g/mol. The molecule has 0 aliphatic carbocycles. The van der Waals surface area contributed by atoms with Crippen molar-refractivity contribution in [3.63, 3.8) is 0 Å². The van der Waals surface area contributed by atoms with Crippen molar-refractivity contribution < 1.29 is 14.3 Å². The Kier molecular flexibility index (Phi) is 3.83. The van der Waals surface area contributed by atoms with Gasteiger partial charge in [0.25, 0.3) is 0 Å². The Labute approximate surface area is 71.4 Å². The minimum Gasteiger partial charge on any atom is -0.453 e. The van der Waals surface area contributed by atoms with Crippen molar-refractivity contribution in [2.24, 2.45) is 0 Å². The van der Waals surface area contributed by atoms with Crippen LogP contribution in [-0.4, -0.2) is 45.5 Å². The fourth-order valence-electron chi connectivity index (χ4n) is 1.02. The Morgan fingerprint density at radius 2 is 2.67 bits per heavy atom. The SMILES string of the molecule is COC(=O)NC[C@@H]1CNCCO1. The molecule has 1 heterocycles. The highest BCUT2D eigenvalue weighted by Crippen LogP contribution is 1.93. The first-order chi connectivity index (χ1) is 5.83. The van der Waals surface area contributed by atoms with Gasteiger partial charge in [0.2, 0.25) is 0 Å². The summed E-state index contributed by atoms with van der Waals surface area (Å²) in [4.78, 5) is 10.6. The molecule has 0 bridgehead atoms. The monoisotopic (exact) mass is 174 g/mol. The third-order valence-corrected chi connectivity index (χ3v) is 1.66. The molecule has 0 aromatic rings. The van der Waals surface area contributed by atoms with Gasteiger partial charge in [0.1, 0.15) is 0 Å². The highest BCUT2D eigenvalue weighted by molar-refractivity contribution is 5.66. The smallest absolute Gasteiger partial charge is 0.406 e. The second-order valence-corrected chi connectivity index (χ2v) is 2.57. The summed E-state index contributed by atoms with van der Waals surface area (Å²) in [6.45, 7) is 2.87. The average Bonchev–Trinajstić information content (AvgIpc) is 2.16. The van der Waals surface area contributed by atoms with Gasteiger partial charge in [-0.25, -0.2) is 4.79 Å². The van der Waals surface area contributed by atoms with E-state index in [2.05, 4.69) is 15.4 Å². The molecule has 0 aromatic heterocycles. The number of amides is 1. The van der Waals surface area contributed by atoms with Gasteiger partial charge in [-0.05, 0) is 0 Å². The third-order valence-electron chi connectivity index (χ3n) is 1.66. The zero-order valence-electron chi connectivity index (χ0n) is 7.13. The maximum absolute atomic E-state index is 10.6. The Bertz CT molecular complexity index is 146. The van der Waals surface area contributed by atoms with E-state index in [0.29, 0.717) is 13.2 Å². The highest BCUT2D eigenvalue weighted by atomic mass is 16.5. The van der Waals surface area contributed by atoms with Crippen molar-refractivity contribution in [2.75, 3.05) is 33.4 Å². The summed E-state index contributed by atoms with van der Waals surface area (Å²) in [5.41, 5.74) is 0. The molecule has 1 aliphatic heterocycles. The molecule has 1 saturated heterocycles. The zero-order valence-corrected chi connectivity index (χ0v) is 7.13. The summed E-state index contributed by atoms with van der Waals surface area (Å²) in [6, 6.07) is 0. The second-order valence-electron chi connectivity index (χ2n) is 2.57. The standard InChI is InChI=1S/C7H14N2O3/c1-11-7(10)9-5-6-4-8-2-3-12-6/h6,8H,2-5H2,1H3,(H,9,10)/t6-/m0/s1. The van der Waals surface area contributed by atoms with Crippen LogP contribution >= 0.6 is 0 Å². The van der Waals surface area contributed by atoms with Crippen LogP contribution in [0, 0.1) is 0 Å². The lowest BCUT2D eigenvalue weighted by molar-refractivity contribution is 0.0290. The Hall–Kier alpha value is -0.810. The van der Waals surface area contributed by atoms with Gasteiger partial charge in [0, 0.05) is 19.6 Å². The molecule has 0 unspecified atom stereocenters.